The molecule has 2 fully saturated rings. The maximum atomic E-state index is 15.3. The minimum Gasteiger partial charge on any atom is -0.508 e. The number of aromatic hydroxyl groups is 1. The molecule has 2 heterocycles. The zero-order valence-electron chi connectivity index (χ0n) is 57.2. The highest BCUT2D eigenvalue weighted by Gasteiger charge is 2.42. The number of nitrogens with two attached hydrogens (primary N) is 5. The molecule has 0 radical (unpaired) electrons. The number of carbonyl (C=O) groups is 11. The second-order valence-corrected chi connectivity index (χ2v) is 25.4. The number of nitrogens with zero attached hydrogens (tertiary/aromatic N) is 3. The highest BCUT2D eigenvalue weighted by Crippen LogP contribution is 2.22. The summed E-state index contributed by atoms with van der Waals surface area (Å²) in [6, 6.07) is 13.1. The molecule has 10 atom stereocenters. The molecule has 31 heteroatoms. The molecule has 0 aliphatic carbocycles. The lowest BCUT2D eigenvalue weighted by Gasteiger charge is -2.31. The first-order valence-corrected chi connectivity index (χ1v) is 34.0. The van der Waals surface area contributed by atoms with Crippen molar-refractivity contribution >= 4 is 76.9 Å². The summed E-state index contributed by atoms with van der Waals surface area (Å²) in [6.45, 7) is 5.14. The number of guanidine groups is 2. The zero-order chi connectivity index (χ0) is 73.5. The van der Waals surface area contributed by atoms with Crippen LogP contribution in [0.5, 0.6) is 5.75 Å². The highest BCUT2D eigenvalue weighted by molar-refractivity contribution is 6.01. The van der Waals surface area contributed by atoms with Crippen LogP contribution in [0.2, 0.25) is 0 Å². The maximum Gasteiger partial charge on any atom is 0.246 e. The number of benzene rings is 4. The maximum absolute atomic E-state index is 15.3. The van der Waals surface area contributed by atoms with Crippen LogP contribution in [0, 0.1) is 11.7 Å². The molecule has 546 valence electrons. The molecule has 6 rings (SSSR count). The van der Waals surface area contributed by atoms with Crippen LogP contribution in [0.15, 0.2) is 119 Å². The number of carbonyl (C=O) groups excluding carboxylic acids is 11. The van der Waals surface area contributed by atoms with E-state index in [-0.39, 0.29) is 121 Å². The van der Waals surface area contributed by atoms with Gasteiger partial charge in [-0.15, -0.1) is 0 Å². The number of rotatable bonds is 24. The summed E-state index contributed by atoms with van der Waals surface area (Å²) in [5.74, 6) is -11.7. The molecule has 4 aromatic carbocycles. The van der Waals surface area contributed by atoms with Crippen molar-refractivity contribution in [2.24, 2.45) is 44.6 Å². The van der Waals surface area contributed by atoms with E-state index in [0.717, 1.165) is 12.1 Å². The molecule has 0 spiro atoms. The Balaban J connectivity index is 1.50. The van der Waals surface area contributed by atoms with Crippen LogP contribution in [-0.4, -0.2) is 180 Å². The van der Waals surface area contributed by atoms with Gasteiger partial charge >= 0.3 is 0 Å². The van der Waals surface area contributed by atoms with Crippen molar-refractivity contribution < 1.29 is 62.2 Å². The van der Waals surface area contributed by atoms with Gasteiger partial charge in [0, 0.05) is 51.9 Å². The zero-order valence-corrected chi connectivity index (χ0v) is 57.2. The molecule has 2 saturated heterocycles. The number of phenols is 1. The van der Waals surface area contributed by atoms with Gasteiger partial charge in [-0.25, -0.2) is 4.39 Å². The summed E-state index contributed by atoms with van der Waals surface area (Å²) >= 11 is 0. The topological polar surface area (TPSA) is 486 Å². The van der Waals surface area contributed by atoms with E-state index < -0.39 is 144 Å². The molecule has 21 N–H and O–H groups in total. The summed E-state index contributed by atoms with van der Waals surface area (Å²) in [4.78, 5) is 173. The van der Waals surface area contributed by atoms with E-state index in [4.69, 9.17) is 28.7 Å². The number of nitrogens with one attached hydrogen (secondary N) is 10. The summed E-state index contributed by atoms with van der Waals surface area (Å²) in [5.41, 5.74) is 30.5. The van der Waals surface area contributed by atoms with Crippen molar-refractivity contribution in [3.8, 4) is 5.75 Å². The third-order valence-electron chi connectivity index (χ3n) is 17.0. The van der Waals surface area contributed by atoms with Crippen LogP contribution in [-0.2, 0) is 78.4 Å². The van der Waals surface area contributed by atoms with E-state index in [1.54, 1.807) is 81.4 Å². The summed E-state index contributed by atoms with van der Waals surface area (Å²) < 4.78 is 14.4. The van der Waals surface area contributed by atoms with Gasteiger partial charge in [0.05, 0.1) is 6.42 Å². The van der Waals surface area contributed by atoms with Gasteiger partial charge in [-0.1, -0.05) is 106 Å². The molecule has 4 aromatic rings. The molecule has 0 aromatic heterocycles. The molecular weight excluding hydrogens is 1300 g/mol. The quantitative estimate of drug-likeness (QED) is 0.0218. The average Bonchev–Trinajstić information content (AvgIpc) is 1.78. The average molecular weight is 1400 g/mol. The van der Waals surface area contributed by atoms with Gasteiger partial charge in [-0.05, 0) is 117 Å². The van der Waals surface area contributed by atoms with Crippen LogP contribution in [0.1, 0.15) is 107 Å². The Morgan fingerprint density at radius 2 is 0.901 bits per heavy atom. The standard InChI is InChI=1S/C70H97FN18O12/c1-4-32-77-57(91)40-54-64(97)81-49(20-12-33-78-69(73)74)60(93)84-53(38-45-25-29-47(90)30-26-45)65(98)88-58(41(2)3)67(100)82-48(19-11-31-72)59(92)83-51(37-44-23-27-46(71)28-24-44)63(96)87-55(39-43-17-9-6-10-18-43)68(101)89-35-14-22-56(89)66(99)86-52(36-42-15-7-5-8-16-42)62(95)80-50(61(94)85-54)21-13-34-79-70(75)76/h5-10,15-18,23-30,41,48-56,58,90H,4,11-14,19-22,31-40,72H2,1-3H3,(H,77,91)(H,80,95)(H,81,97)(H,82,100)(H,83,92)(H,84,93)(H,85,94)(H,86,99)(H,87,96)(H,88,98)(H4,73,74,78)(H4,75,76,79)/t48-,49-,50+,51-,52+,53-,54+,55+,56-,58-/m0/s1. The number of amides is 11. The smallest absolute Gasteiger partial charge is 0.246 e. The SMILES string of the molecule is CCCNC(=O)C[C@H]1NC(=O)[C@@H](CCCN=C(N)N)NC(=O)[C@@H](Cc2ccccc2)NC(=O)[C@@H]2CCCN2C(=O)[C@@H](Cc2ccccc2)NC(=O)[C@H](Cc2ccc(F)cc2)NC(=O)[C@H](CCCN)NC(=O)[C@H](C(C)C)NC(=O)[C@H](Cc2ccc(O)cc2)NC(=O)[C@H](CCCN=C(N)N)NC1=O. The third-order valence-corrected chi connectivity index (χ3v) is 17.0. The van der Waals surface area contributed by atoms with Crippen LogP contribution in [0.4, 0.5) is 4.39 Å². The van der Waals surface area contributed by atoms with Gasteiger partial charge < -0.3 is 91.8 Å². The third kappa shape index (κ3) is 26.1. The monoisotopic (exact) mass is 1400 g/mol. The fraction of sp³-hybridized carbons (Fsp3) is 0.471. The van der Waals surface area contributed by atoms with E-state index >= 15 is 14.4 Å². The van der Waals surface area contributed by atoms with Crippen molar-refractivity contribution in [2.45, 2.75) is 171 Å². The molecule has 11 amide bonds. The van der Waals surface area contributed by atoms with Crippen molar-refractivity contribution in [1.29, 1.82) is 0 Å². The molecule has 101 heavy (non-hydrogen) atoms. The predicted molar refractivity (Wildman–Crippen MR) is 375 cm³/mol. The molecule has 0 bridgehead atoms. The summed E-state index contributed by atoms with van der Waals surface area (Å²) in [7, 11) is 0. The normalized spacial score (nSPS) is 22.7. The van der Waals surface area contributed by atoms with Gasteiger partial charge in [-0.2, -0.15) is 0 Å². The first-order valence-electron chi connectivity index (χ1n) is 34.0. The van der Waals surface area contributed by atoms with Gasteiger partial charge in [0.1, 0.15) is 72.0 Å². The van der Waals surface area contributed by atoms with Gasteiger partial charge in [0.25, 0.3) is 0 Å². The van der Waals surface area contributed by atoms with E-state index in [2.05, 4.69) is 63.2 Å². The van der Waals surface area contributed by atoms with Crippen molar-refractivity contribution in [3.63, 3.8) is 0 Å². The van der Waals surface area contributed by atoms with Crippen LogP contribution >= 0.6 is 0 Å². The minimum absolute atomic E-state index is 0.0232. The van der Waals surface area contributed by atoms with Crippen molar-refractivity contribution in [1.82, 2.24) is 58.1 Å². The Hall–Kier alpha value is -10.7. The Bertz CT molecular complexity index is 3510. The first-order chi connectivity index (χ1) is 48.3. The Morgan fingerprint density at radius 1 is 0.515 bits per heavy atom. The van der Waals surface area contributed by atoms with Crippen LogP contribution in [0.25, 0.3) is 0 Å². The Labute approximate surface area is 586 Å². The molecule has 0 unspecified atom stereocenters. The van der Waals surface area contributed by atoms with Gasteiger partial charge in [-0.3, -0.25) is 62.7 Å². The lowest BCUT2D eigenvalue weighted by molar-refractivity contribution is -0.142. The van der Waals surface area contributed by atoms with E-state index in [1.807, 2.05) is 0 Å². The number of halogens is 1. The van der Waals surface area contributed by atoms with E-state index in [1.165, 1.54) is 41.3 Å². The molecule has 0 saturated carbocycles. The van der Waals surface area contributed by atoms with Gasteiger partial charge in [0.15, 0.2) is 11.9 Å². The second kappa shape index (κ2) is 40.4. The van der Waals surface area contributed by atoms with Crippen molar-refractivity contribution in [3.05, 3.63) is 137 Å². The molecule has 30 nitrogen and oxygen atoms in total. The Kier molecular flexibility index (Phi) is 31.7. The molecular formula is C70H97FN18O12. The van der Waals surface area contributed by atoms with Crippen LogP contribution < -0.4 is 81.8 Å². The van der Waals surface area contributed by atoms with E-state index in [9.17, 15) is 47.9 Å². The highest BCUT2D eigenvalue weighted by atomic mass is 19.1. The van der Waals surface area contributed by atoms with E-state index in [0.29, 0.717) is 35.1 Å². The lowest BCUT2D eigenvalue weighted by atomic mass is 9.99. The fourth-order valence-corrected chi connectivity index (χ4v) is 11.6. The first kappa shape index (κ1) is 79.3. The van der Waals surface area contributed by atoms with Crippen LogP contribution in [0.3, 0.4) is 0 Å². The number of hydrogen-bond donors (Lipinski definition) is 16. The number of phenolic OH excluding ortho intramolecular Hbond substituents is 1. The van der Waals surface area contributed by atoms with Gasteiger partial charge in [0.2, 0.25) is 65.0 Å². The minimum atomic E-state index is -1.77. The predicted octanol–water partition coefficient (Wildman–Crippen LogP) is -1.41. The second-order valence-electron chi connectivity index (χ2n) is 25.4. The number of fused-ring (bicyclic) bond motifs is 1. The lowest BCUT2D eigenvalue weighted by Crippen LogP contribution is -2.62. The molecule has 2 aliphatic heterocycles. The summed E-state index contributed by atoms with van der Waals surface area (Å²) in [5, 5.41) is 37.4. The molecule has 2 aliphatic rings. The Morgan fingerprint density at radius 3 is 1.37 bits per heavy atom. The number of aliphatic imine (C=N–C) groups is 2. The fourth-order valence-electron chi connectivity index (χ4n) is 11.6. The number of hydrogen-bond acceptors (Lipinski definition) is 15. The summed E-state index contributed by atoms with van der Waals surface area (Å²) in [6.07, 6.45) is -0.913. The largest absolute Gasteiger partial charge is 0.508 e. The van der Waals surface area contributed by atoms with Crippen molar-refractivity contribution in [2.75, 3.05) is 32.7 Å².